The molecule has 0 aliphatic rings. The Balaban J connectivity index is 2.34. The number of hydrogen-bond acceptors (Lipinski definition) is 3. The molecule has 0 aliphatic carbocycles. The maximum absolute atomic E-state index is 8.97. The number of thioether (sulfide) groups is 1. The van der Waals surface area contributed by atoms with Crippen LogP contribution in [0.1, 0.15) is 20.3 Å². The number of benzene rings is 1. The Hall–Kier alpha value is -0.690. The second-order valence-electron chi connectivity index (χ2n) is 4.10. The van der Waals surface area contributed by atoms with Crippen LogP contribution in [0.15, 0.2) is 29.2 Å². The van der Waals surface area contributed by atoms with Crippen molar-refractivity contribution in [2.24, 2.45) is 0 Å². The van der Waals surface area contributed by atoms with Gasteiger partial charge in [0.2, 0.25) is 0 Å². The van der Waals surface area contributed by atoms with Gasteiger partial charge in [0.15, 0.2) is 0 Å². The van der Waals surface area contributed by atoms with E-state index in [0.717, 1.165) is 22.1 Å². The zero-order chi connectivity index (χ0) is 12.7. The second-order valence-corrected chi connectivity index (χ2v) is 5.70. The van der Waals surface area contributed by atoms with E-state index in [1.807, 2.05) is 24.3 Å². The molecule has 1 rings (SSSR count). The van der Waals surface area contributed by atoms with Crippen molar-refractivity contribution < 1.29 is 0 Å². The maximum Gasteiger partial charge on any atom is 0.0962 e. The lowest BCUT2D eigenvalue weighted by Crippen LogP contribution is -2.33. The highest BCUT2D eigenvalue weighted by Crippen LogP contribution is 2.22. The van der Waals surface area contributed by atoms with E-state index in [1.54, 1.807) is 11.8 Å². The summed E-state index contributed by atoms with van der Waals surface area (Å²) in [7, 11) is 0. The van der Waals surface area contributed by atoms with Crippen molar-refractivity contribution in [1.29, 1.82) is 5.26 Å². The zero-order valence-corrected chi connectivity index (χ0v) is 11.7. The van der Waals surface area contributed by atoms with E-state index in [9.17, 15) is 0 Å². The summed E-state index contributed by atoms with van der Waals surface area (Å²) in [4.78, 5) is 1.15. The molecule has 0 spiro atoms. The summed E-state index contributed by atoms with van der Waals surface area (Å²) in [5, 5.41) is 13.0. The van der Waals surface area contributed by atoms with Crippen molar-refractivity contribution in [3.8, 4) is 6.07 Å². The molecule has 0 saturated heterocycles. The molecular weight excluding hydrogens is 252 g/mol. The molecule has 17 heavy (non-hydrogen) atoms. The van der Waals surface area contributed by atoms with E-state index in [2.05, 4.69) is 25.2 Å². The number of halogens is 1. The number of nitrogens with one attached hydrogen (secondary N) is 1. The van der Waals surface area contributed by atoms with Gasteiger partial charge < -0.3 is 0 Å². The van der Waals surface area contributed by atoms with Crippen LogP contribution in [0.4, 0.5) is 0 Å². The number of hydrogen-bond donors (Lipinski definition) is 1. The van der Waals surface area contributed by atoms with Crippen molar-refractivity contribution in [3.05, 3.63) is 29.3 Å². The monoisotopic (exact) mass is 268 g/mol. The summed E-state index contributed by atoms with van der Waals surface area (Å²) in [6.07, 6.45) is 0.839. The van der Waals surface area contributed by atoms with Gasteiger partial charge in [-0.1, -0.05) is 17.7 Å². The predicted molar refractivity (Wildman–Crippen MR) is 74.5 cm³/mol. The van der Waals surface area contributed by atoms with Gasteiger partial charge in [-0.25, -0.2) is 0 Å². The van der Waals surface area contributed by atoms with E-state index in [1.165, 1.54) is 0 Å². The molecule has 0 aromatic heterocycles. The molecule has 1 aromatic rings. The lowest BCUT2D eigenvalue weighted by Gasteiger charge is -2.13. The molecule has 92 valence electrons. The van der Waals surface area contributed by atoms with Crippen molar-refractivity contribution >= 4 is 23.4 Å². The first-order chi connectivity index (χ1) is 8.11. The van der Waals surface area contributed by atoms with Gasteiger partial charge in [-0.05, 0) is 38.5 Å². The minimum absolute atomic E-state index is 0.0679. The van der Waals surface area contributed by atoms with E-state index in [0.29, 0.717) is 6.04 Å². The standard InChI is InChI=1S/C13H17ClN2S/c1-10(2)16-12(9-15)6-7-17-13-5-3-4-11(14)8-13/h3-5,8,10,12,16H,6-7H2,1-2H3. The summed E-state index contributed by atoms with van der Waals surface area (Å²) < 4.78 is 0. The lowest BCUT2D eigenvalue weighted by atomic mass is 10.2. The Morgan fingerprint density at radius 3 is 2.82 bits per heavy atom. The Morgan fingerprint density at radius 1 is 1.47 bits per heavy atom. The fraction of sp³-hybridized carbons (Fsp3) is 0.462. The van der Waals surface area contributed by atoms with Crippen molar-refractivity contribution in [1.82, 2.24) is 5.32 Å². The first kappa shape index (κ1) is 14.4. The molecule has 0 saturated carbocycles. The van der Waals surface area contributed by atoms with E-state index < -0.39 is 0 Å². The summed E-state index contributed by atoms with van der Waals surface area (Å²) in [6.45, 7) is 4.10. The average molecular weight is 269 g/mol. The maximum atomic E-state index is 8.97. The fourth-order valence-electron chi connectivity index (χ4n) is 1.44. The van der Waals surface area contributed by atoms with E-state index in [4.69, 9.17) is 16.9 Å². The Bertz CT molecular complexity index is 387. The Labute approximate surface area is 112 Å². The minimum atomic E-state index is -0.0679. The zero-order valence-electron chi connectivity index (χ0n) is 10.1. The molecule has 2 nitrogen and oxygen atoms in total. The van der Waals surface area contributed by atoms with Crippen LogP contribution < -0.4 is 5.32 Å². The van der Waals surface area contributed by atoms with Crippen LogP contribution >= 0.6 is 23.4 Å². The SMILES string of the molecule is CC(C)NC(C#N)CCSc1cccc(Cl)c1. The molecule has 1 atom stereocenters. The van der Waals surface area contributed by atoms with Crippen LogP contribution in [0.25, 0.3) is 0 Å². The van der Waals surface area contributed by atoms with Gasteiger partial charge in [-0.15, -0.1) is 11.8 Å². The number of nitrogens with zero attached hydrogens (tertiary/aromatic N) is 1. The summed E-state index contributed by atoms with van der Waals surface area (Å²) in [5.41, 5.74) is 0. The van der Waals surface area contributed by atoms with Gasteiger partial charge >= 0.3 is 0 Å². The third kappa shape index (κ3) is 5.97. The van der Waals surface area contributed by atoms with E-state index in [-0.39, 0.29) is 6.04 Å². The summed E-state index contributed by atoms with van der Waals surface area (Å²) in [5.74, 6) is 0.915. The number of rotatable bonds is 6. The third-order valence-corrected chi connectivity index (χ3v) is 3.42. The molecule has 0 heterocycles. The molecular formula is C13H17ClN2S. The Kier molecular flexibility index (Phi) is 6.43. The van der Waals surface area contributed by atoms with Crippen molar-refractivity contribution in [3.63, 3.8) is 0 Å². The average Bonchev–Trinajstić information content (AvgIpc) is 2.27. The lowest BCUT2D eigenvalue weighted by molar-refractivity contribution is 0.522. The molecule has 4 heteroatoms. The minimum Gasteiger partial charge on any atom is -0.300 e. The van der Waals surface area contributed by atoms with Gasteiger partial charge in [0.1, 0.15) is 0 Å². The van der Waals surface area contributed by atoms with Gasteiger partial charge in [0.05, 0.1) is 12.1 Å². The molecule has 1 N–H and O–H groups in total. The van der Waals surface area contributed by atoms with Crippen LogP contribution in [-0.2, 0) is 0 Å². The smallest absolute Gasteiger partial charge is 0.0962 e. The quantitative estimate of drug-likeness (QED) is 0.799. The van der Waals surface area contributed by atoms with Gasteiger partial charge in [0, 0.05) is 21.7 Å². The normalized spacial score (nSPS) is 12.4. The van der Waals surface area contributed by atoms with Gasteiger partial charge in [-0.3, -0.25) is 5.32 Å². The van der Waals surface area contributed by atoms with E-state index >= 15 is 0 Å². The number of nitriles is 1. The topological polar surface area (TPSA) is 35.8 Å². The first-order valence-electron chi connectivity index (χ1n) is 5.66. The third-order valence-electron chi connectivity index (χ3n) is 2.16. The molecule has 0 bridgehead atoms. The van der Waals surface area contributed by atoms with Crippen LogP contribution in [-0.4, -0.2) is 17.8 Å². The largest absolute Gasteiger partial charge is 0.300 e. The van der Waals surface area contributed by atoms with Crippen LogP contribution in [0.3, 0.4) is 0 Å². The molecule has 0 fully saturated rings. The summed E-state index contributed by atoms with van der Waals surface area (Å²) in [6, 6.07) is 10.3. The molecule has 0 amide bonds. The molecule has 0 radical (unpaired) electrons. The summed E-state index contributed by atoms with van der Waals surface area (Å²) >= 11 is 7.63. The van der Waals surface area contributed by atoms with Crippen LogP contribution in [0.5, 0.6) is 0 Å². The highest BCUT2D eigenvalue weighted by molar-refractivity contribution is 7.99. The molecule has 1 aromatic carbocycles. The van der Waals surface area contributed by atoms with Gasteiger partial charge in [0.25, 0.3) is 0 Å². The van der Waals surface area contributed by atoms with Gasteiger partial charge in [-0.2, -0.15) is 5.26 Å². The highest BCUT2D eigenvalue weighted by atomic mass is 35.5. The molecule has 0 aliphatic heterocycles. The predicted octanol–water partition coefficient (Wildman–Crippen LogP) is 3.71. The van der Waals surface area contributed by atoms with Crippen molar-refractivity contribution in [2.75, 3.05) is 5.75 Å². The first-order valence-corrected chi connectivity index (χ1v) is 7.02. The van der Waals surface area contributed by atoms with Crippen molar-refractivity contribution in [2.45, 2.75) is 37.2 Å². The molecule has 1 unspecified atom stereocenters. The highest BCUT2D eigenvalue weighted by Gasteiger charge is 2.08. The van der Waals surface area contributed by atoms with Crippen LogP contribution in [0, 0.1) is 11.3 Å². The fourth-order valence-corrected chi connectivity index (χ4v) is 2.67. The second kappa shape index (κ2) is 7.60. The Morgan fingerprint density at radius 2 is 2.24 bits per heavy atom. The van der Waals surface area contributed by atoms with Crippen LogP contribution in [0.2, 0.25) is 5.02 Å².